The molecule has 8 nitrogen and oxygen atoms in total. The zero-order valence-corrected chi connectivity index (χ0v) is 13.0. The van der Waals surface area contributed by atoms with Crippen molar-refractivity contribution in [3.05, 3.63) is 12.3 Å². The Morgan fingerprint density at radius 1 is 1.13 bits per heavy atom. The minimum atomic E-state index is -0.707. The fraction of sp³-hybridized carbons (Fsp3) is 0.600. The summed E-state index contributed by atoms with van der Waals surface area (Å²) < 4.78 is 0. The third-order valence-electron chi connectivity index (χ3n) is 4.54. The number of hydrogen-bond donors (Lipinski definition) is 1. The summed E-state index contributed by atoms with van der Waals surface area (Å²) in [5.41, 5.74) is 0. The second-order valence-electron chi connectivity index (χ2n) is 5.94. The van der Waals surface area contributed by atoms with Gasteiger partial charge in [0.25, 0.3) is 0 Å². The second-order valence-corrected chi connectivity index (χ2v) is 5.94. The zero-order valence-electron chi connectivity index (χ0n) is 13.0. The summed E-state index contributed by atoms with van der Waals surface area (Å²) in [6.45, 7) is 4.22. The maximum atomic E-state index is 11.0. The Labute approximate surface area is 134 Å². The van der Waals surface area contributed by atoms with Crippen LogP contribution < -0.4 is 9.80 Å². The summed E-state index contributed by atoms with van der Waals surface area (Å²) >= 11 is 0. The molecule has 3 rings (SSSR count). The SMILES string of the molecule is O=CN1CCN(c2nccc(N3CCC(C(=O)O)CC3)n2)CC1. The number of anilines is 2. The van der Waals surface area contributed by atoms with Crippen LogP contribution in [0.1, 0.15) is 12.8 Å². The van der Waals surface area contributed by atoms with Gasteiger partial charge in [0.15, 0.2) is 0 Å². The Bertz CT molecular complexity index is 566. The third-order valence-corrected chi connectivity index (χ3v) is 4.54. The number of carboxylic acid groups (broad SMARTS) is 1. The average Bonchev–Trinajstić information content (AvgIpc) is 2.62. The lowest BCUT2D eigenvalue weighted by molar-refractivity contribution is -0.142. The van der Waals surface area contributed by atoms with E-state index in [1.807, 2.05) is 6.07 Å². The van der Waals surface area contributed by atoms with E-state index in [1.54, 1.807) is 11.1 Å². The molecule has 2 aliphatic heterocycles. The fourth-order valence-corrected chi connectivity index (χ4v) is 3.05. The van der Waals surface area contributed by atoms with Gasteiger partial charge in [0.2, 0.25) is 12.4 Å². The Balaban J connectivity index is 1.64. The minimum Gasteiger partial charge on any atom is -0.481 e. The van der Waals surface area contributed by atoms with E-state index in [0.29, 0.717) is 45.0 Å². The molecule has 1 amide bonds. The van der Waals surface area contributed by atoms with E-state index in [4.69, 9.17) is 5.11 Å². The number of piperidine rings is 1. The summed E-state index contributed by atoms with van der Waals surface area (Å²) in [4.78, 5) is 36.7. The molecule has 0 atom stereocenters. The molecule has 2 fully saturated rings. The van der Waals surface area contributed by atoms with Gasteiger partial charge >= 0.3 is 5.97 Å². The normalized spacial score (nSPS) is 19.7. The van der Waals surface area contributed by atoms with Crippen LogP contribution in [-0.4, -0.2) is 71.6 Å². The van der Waals surface area contributed by atoms with E-state index in [-0.39, 0.29) is 5.92 Å². The third kappa shape index (κ3) is 3.52. The molecule has 0 bridgehead atoms. The van der Waals surface area contributed by atoms with E-state index < -0.39 is 5.97 Å². The van der Waals surface area contributed by atoms with E-state index in [0.717, 1.165) is 25.3 Å². The predicted molar refractivity (Wildman–Crippen MR) is 84.5 cm³/mol. The van der Waals surface area contributed by atoms with Gasteiger partial charge in [0, 0.05) is 45.5 Å². The van der Waals surface area contributed by atoms with E-state index >= 15 is 0 Å². The van der Waals surface area contributed by atoms with Crippen LogP contribution in [0.3, 0.4) is 0 Å². The Kier molecular flexibility index (Phi) is 4.59. The second kappa shape index (κ2) is 6.80. The van der Waals surface area contributed by atoms with Gasteiger partial charge in [-0.1, -0.05) is 0 Å². The largest absolute Gasteiger partial charge is 0.481 e. The van der Waals surface area contributed by atoms with Gasteiger partial charge in [-0.15, -0.1) is 0 Å². The predicted octanol–water partition coefficient (Wildman–Crippen LogP) is 0.0560. The zero-order chi connectivity index (χ0) is 16.2. The molecular formula is C15H21N5O3. The number of carbonyl (C=O) groups excluding carboxylic acids is 1. The summed E-state index contributed by atoms with van der Waals surface area (Å²) in [5.74, 6) is 0.565. The summed E-state index contributed by atoms with van der Waals surface area (Å²) in [6.07, 6.45) is 3.91. The molecule has 2 saturated heterocycles. The van der Waals surface area contributed by atoms with Gasteiger partial charge in [-0.25, -0.2) is 4.98 Å². The molecular weight excluding hydrogens is 298 g/mol. The first-order chi connectivity index (χ1) is 11.2. The van der Waals surface area contributed by atoms with Crippen molar-refractivity contribution < 1.29 is 14.7 Å². The highest BCUT2D eigenvalue weighted by Gasteiger charge is 2.26. The van der Waals surface area contributed by atoms with Crippen molar-refractivity contribution in [3.8, 4) is 0 Å². The summed E-state index contributed by atoms with van der Waals surface area (Å²) in [6, 6.07) is 1.87. The van der Waals surface area contributed by atoms with Crippen LogP contribution in [0.25, 0.3) is 0 Å². The number of piperazine rings is 1. The van der Waals surface area contributed by atoms with Gasteiger partial charge in [0.1, 0.15) is 5.82 Å². The average molecular weight is 319 g/mol. The molecule has 1 aromatic rings. The molecule has 0 aromatic carbocycles. The Hall–Kier alpha value is -2.38. The standard InChI is InChI=1S/C15H21N5O3/c21-11-18-7-9-20(10-8-18)15-16-4-1-13(17-15)19-5-2-12(3-6-19)14(22)23/h1,4,11-12H,2-3,5-10H2,(H,22,23). The number of carbonyl (C=O) groups is 2. The van der Waals surface area contributed by atoms with Crippen molar-refractivity contribution in [3.63, 3.8) is 0 Å². The lowest BCUT2D eigenvalue weighted by atomic mass is 9.97. The van der Waals surface area contributed by atoms with Gasteiger partial charge in [-0.3, -0.25) is 9.59 Å². The van der Waals surface area contributed by atoms with Crippen LogP contribution in [0.4, 0.5) is 11.8 Å². The highest BCUT2D eigenvalue weighted by atomic mass is 16.4. The number of amides is 1. The molecule has 1 aromatic heterocycles. The first-order valence-electron chi connectivity index (χ1n) is 7.92. The van der Waals surface area contributed by atoms with Gasteiger partial charge < -0.3 is 19.8 Å². The Morgan fingerprint density at radius 3 is 2.43 bits per heavy atom. The number of aromatic nitrogens is 2. The van der Waals surface area contributed by atoms with Gasteiger partial charge in [0.05, 0.1) is 5.92 Å². The summed E-state index contributed by atoms with van der Waals surface area (Å²) in [7, 11) is 0. The maximum absolute atomic E-state index is 11.0. The smallest absolute Gasteiger partial charge is 0.306 e. The summed E-state index contributed by atoms with van der Waals surface area (Å²) in [5, 5.41) is 9.07. The molecule has 23 heavy (non-hydrogen) atoms. The van der Waals surface area contributed by atoms with Crippen LogP contribution in [0.2, 0.25) is 0 Å². The maximum Gasteiger partial charge on any atom is 0.306 e. The van der Waals surface area contributed by atoms with E-state index in [9.17, 15) is 9.59 Å². The fourth-order valence-electron chi connectivity index (χ4n) is 3.05. The van der Waals surface area contributed by atoms with Crippen molar-refractivity contribution in [1.29, 1.82) is 0 Å². The number of aliphatic carboxylic acids is 1. The molecule has 124 valence electrons. The number of hydrogen-bond acceptors (Lipinski definition) is 6. The number of nitrogens with zero attached hydrogens (tertiary/aromatic N) is 5. The molecule has 3 heterocycles. The van der Waals surface area contributed by atoms with Crippen LogP contribution in [-0.2, 0) is 9.59 Å². The molecule has 0 saturated carbocycles. The molecule has 0 aliphatic carbocycles. The van der Waals surface area contributed by atoms with Crippen LogP contribution in [0.5, 0.6) is 0 Å². The highest BCUT2D eigenvalue weighted by molar-refractivity contribution is 5.70. The first kappa shape index (κ1) is 15.5. The van der Waals surface area contributed by atoms with Crippen molar-refractivity contribution in [2.75, 3.05) is 49.1 Å². The van der Waals surface area contributed by atoms with Crippen molar-refractivity contribution in [2.45, 2.75) is 12.8 Å². The minimum absolute atomic E-state index is 0.246. The molecule has 8 heteroatoms. The molecule has 2 aliphatic rings. The Morgan fingerprint density at radius 2 is 1.83 bits per heavy atom. The highest BCUT2D eigenvalue weighted by Crippen LogP contribution is 2.23. The van der Waals surface area contributed by atoms with Crippen molar-refractivity contribution in [2.24, 2.45) is 5.92 Å². The lowest BCUT2D eigenvalue weighted by Gasteiger charge is -2.34. The van der Waals surface area contributed by atoms with Gasteiger partial charge in [-0.05, 0) is 18.9 Å². The topological polar surface area (TPSA) is 89.9 Å². The van der Waals surface area contributed by atoms with Crippen LogP contribution in [0.15, 0.2) is 12.3 Å². The molecule has 1 N–H and O–H groups in total. The van der Waals surface area contributed by atoms with Crippen molar-refractivity contribution in [1.82, 2.24) is 14.9 Å². The first-order valence-corrected chi connectivity index (χ1v) is 7.92. The quantitative estimate of drug-likeness (QED) is 0.785. The number of carboxylic acids is 1. The molecule has 0 radical (unpaired) electrons. The van der Waals surface area contributed by atoms with Crippen molar-refractivity contribution >= 4 is 24.1 Å². The van der Waals surface area contributed by atoms with Crippen LogP contribution in [0, 0.1) is 5.92 Å². The monoisotopic (exact) mass is 319 g/mol. The number of rotatable bonds is 4. The van der Waals surface area contributed by atoms with Crippen LogP contribution >= 0.6 is 0 Å². The van der Waals surface area contributed by atoms with Gasteiger partial charge in [-0.2, -0.15) is 4.98 Å². The lowest BCUT2D eigenvalue weighted by Crippen LogP contribution is -2.46. The van der Waals surface area contributed by atoms with E-state index in [1.165, 1.54) is 0 Å². The van der Waals surface area contributed by atoms with E-state index in [2.05, 4.69) is 19.8 Å². The molecule has 0 spiro atoms. The molecule has 0 unspecified atom stereocenters.